The van der Waals surface area contributed by atoms with E-state index in [-0.39, 0.29) is 0 Å². The second kappa shape index (κ2) is 5.49. The molecule has 0 N–H and O–H groups in total. The summed E-state index contributed by atoms with van der Waals surface area (Å²) >= 11 is 0. The minimum Gasteiger partial charge on any atom is -0.468 e. The van der Waals surface area contributed by atoms with Crippen LogP contribution in [-0.4, -0.2) is 19.3 Å². The van der Waals surface area contributed by atoms with Crippen LogP contribution in [0.4, 0.5) is 0 Å². The third kappa shape index (κ3) is 2.27. The molecular weight excluding hydrogens is 240 g/mol. The molecule has 4 heteroatoms. The quantitative estimate of drug-likeness (QED) is 0.778. The highest BCUT2D eigenvalue weighted by molar-refractivity contribution is 5.86. The van der Waals surface area contributed by atoms with Gasteiger partial charge in [-0.2, -0.15) is 5.26 Å². The standard InChI is InChI=1S/C15H14N2O2/c1-19-14(18)15(7-9-17-10-8-15)13(11-16)12-5-3-2-4-6-12/h2-7,9-10,13H,8H2,1H3. The van der Waals surface area contributed by atoms with Crippen LogP contribution in [0, 0.1) is 16.7 Å². The number of rotatable bonds is 3. The summed E-state index contributed by atoms with van der Waals surface area (Å²) < 4.78 is 4.89. The van der Waals surface area contributed by atoms with Crippen molar-refractivity contribution in [2.24, 2.45) is 10.4 Å². The van der Waals surface area contributed by atoms with Crippen LogP contribution >= 0.6 is 0 Å². The highest BCUT2D eigenvalue weighted by Crippen LogP contribution is 2.42. The van der Waals surface area contributed by atoms with Gasteiger partial charge in [0.05, 0.1) is 19.1 Å². The van der Waals surface area contributed by atoms with Crippen molar-refractivity contribution in [3.63, 3.8) is 0 Å². The van der Waals surface area contributed by atoms with Gasteiger partial charge in [-0.25, -0.2) is 0 Å². The van der Waals surface area contributed by atoms with Crippen molar-refractivity contribution in [2.75, 3.05) is 7.11 Å². The lowest BCUT2D eigenvalue weighted by Gasteiger charge is -2.32. The first-order valence-electron chi connectivity index (χ1n) is 5.97. The van der Waals surface area contributed by atoms with Gasteiger partial charge in [0, 0.05) is 18.8 Å². The summed E-state index contributed by atoms with van der Waals surface area (Å²) in [4.78, 5) is 16.2. The molecule has 1 heterocycles. The van der Waals surface area contributed by atoms with E-state index < -0.39 is 17.3 Å². The fraction of sp³-hybridized carbons (Fsp3) is 0.267. The topological polar surface area (TPSA) is 62.5 Å². The molecule has 0 bridgehead atoms. The Bertz CT molecular complexity index is 557. The molecule has 1 aliphatic rings. The van der Waals surface area contributed by atoms with Crippen LogP contribution in [0.3, 0.4) is 0 Å². The number of esters is 1. The minimum atomic E-state index is -0.993. The van der Waals surface area contributed by atoms with Crippen molar-refractivity contribution in [1.82, 2.24) is 0 Å². The maximum atomic E-state index is 12.2. The number of methoxy groups -OCH3 is 1. The van der Waals surface area contributed by atoms with Gasteiger partial charge in [-0.3, -0.25) is 9.79 Å². The molecule has 0 radical (unpaired) electrons. The van der Waals surface area contributed by atoms with Gasteiger partial charge in [-0.05, 0) is 11.6 Å². The zero-order valence-electron chi connectivity index (χ0n) is 10.6. The van der Waals surface area contributed by atoms with Crippen LogP contribution in [-0.2, 0) is 9.53 Å². The molecule has 0 aromatic heterocycles. The second-order valence-electron chi connectivity index (χ2n) is 4.36. The average Bonchev–Trinajstić information content (AvgIpc) is 2.49. The second-order valence-corrected chi connectivity index (χ2v) is 4.36. The van der Waals surface area contributed by atoms with Crippen LogP contribution in [0.2, 0.25) is 0 Å². The third-order valence-electron chi connectivity index (χ3n) is 3.34. The maximum absolute atomic E-state index is 12.2. The Kier molecular flexibility index (Phi) is 3.76. The number of carbonyl (C=O) groups excluding carboxylic acids is 1. The third-order valence-corrected chi connectivity index (χ3v) is 3.34. The predicted molar refractivity (Wildman–Crippen MR) is 71.5 cm³/mol. The molecule has 1 aromatic carbocycles. The first-order valence-corrected chi connectivity index (χ1v) is 5.97. The summed E-state index contributed by atoms with van der Waals surface area (Å²) in [5, 5.41) is 9.51. The lowest BCUT2D eigenvalue weighted by Crippen LogP contribution is -2.37. The summed E-state index contributed by atoms with van der Waals surface area (Å²) in [6.45, 7) is 0. The normalized spacial score (nSPS) is 22.5. The van der Waals surface area contributed by atoms with Gasteiger partial charge in [-0.15, -0.1) is 0 Å². The fourth-order valence-electron chi connectivity index (χ4n) is 2.31. The molecule has 4 nitrogen and oxygen atoms in total. The molecule has 2 rings (SSSR count). The van der Waals surface area contributed by atoms with E-state index in [2.05, 4.69) is 11.1 Å². The van der Waals surface area contributed by atoms with E-state index in [0.717, 1.165) is 5.56 Å². The predicted octanol–water partition coefficient (Wildman–Crippen LogP) is 2.44. The van der Waals surface area contributed by atoms with E-state index in [0.29, 0.717) is 6.42 Å². The summed E-state index contributed by atoms with van der Waals surface area (Å²) in [5.41, 5.74) is -0.192. The first kappa shape index (κ1) is 13.0. The molecular formula is C15H14N2O2. The van der Waals surface area contributed by atoms with Gasteiger partial charge < -0.3 is 4.74 Å². The van der Waals surface area contributed by atoms with Crippen molar-refractivity contribution in [2.45, 2.75) is 12.3 Å². The Balaban J connectivity index is 2.49. The van der Waals surface area contributed by atoms with E-state index in [1.807, 2.05) is 30.3 Å². The van der Waals surface area contributed by atoms with Crippen LogP contribution in [0.5, 0.6) is 0 Å². The highest BCUT2D eigenvalue weighted by atomic mass is 16.5. The zero-order valence-corrected chi connectivity index (χ0v) is 10.6. The van der Waals surface area contributed by atoms with Gasteiger partial charge in [0.2, 0.25) is 0 Å². The summed E-state index contributed by atoms with van der Waals surface area (Å²) in [5.74, 6) is -1.01. The van der Waals surface area contributed by atoms with Crippen molar-refractivity contribution < 1.29 is 9.53 Å². The van der Waals surface area contributed by atoms with E-state index >= 15 is 0 Å². The molecule has 0 aliphatic carbocycles. The van der Waals surface area contributed by atoms with Crippen LogP contribution in [0.15, 0.2) is 47.6 Å². The zero-order chi connectivity index (χ0) is 13.7. The number of nitrogens with zero attached hydrogens (tertiary/aromatic N) is 2. The highest BCUT2D eigenvalue weighted by Gasteiger charge is 2.46. The Morgan fingerprint density at radius 3 is 2.74 bits per heavy atom. The molecule has 0 fully saturated rings. The number of aliphatic imine (C=N–C) groups is 1. The average molecular weight is 254 g/mol. The molecule has 0 saturated carbocycles. The SMILES string of the molecule is COC(=O)C1(C(C#N)c2ccccc2)C=CN=CC1. The fourth-order valence-corrected chi connectivity index (χ4v) is 2.31. The van der Waals surface area contributed by atoms with E-state index in [1.54, 1.807) is 18.5 Å². The van der Waals surface area contributed by atoms with Gasteiger partial charge in [-0.1, -0.05) is 30.3 Å². The van der Waals surface area contributed by atoms with Crippen molar-refractivity contribution in [3.05, 3.63) is 48.2 Å². The number of hydrogen-bond acceptors (Lipinski definition) is 4. The molecule has 0 saturated heterocycles. The molecule has 2 atom stereocenters. The van der Waals surface area contributed by atoms with Crippen molar-refractivity contribution in [1.29, 1.82) is 5.26 Å². The molecule has 1 aromatic rings. The Hall–Kier alpha value is -2.41. The van der Waals surface area contributed by atoms with E-state index in [4.69, 9.17) is 4.74 Å². The summed E-state index contributed by atoms with van der Waals surface area (Å²) in [6.07, 6.45) is 5.22. The van der Waals surface area contributed by atoms with Crippen LogP contribution < -0.4 is 0 Å². The smallest absolute Gasteiger partial charge is 0.317 e. The van der Waals surface area contributed by atoms with E-state index in [9.17, 15) is 10.1 Å². The van der Waals surface area contributed by atoms with Crippen LogP contribution in [0.25, 0.3) is 0 Å². The Labute approximate surface area is 112 Å². The van der Waals surface area contributed by atoms with Crippen LogP contribution in [0.1, 0.15) is 17.9 Å². The molecule has 0 amide bonds. The molecule has 2 unspecified atom stereocenters. The number of ether oxygens (including phenoxy) is 1. The van der Waals surface area contributed by atoms with Gasteiger partial charge in [0.1, 0.15) is 5.41 Å². The molecule has 1 aliphatic heterocycles. The number of carbonyl (C=O) groups is 1. The monoisotopic (exact) mass is 254 g/mol. The summed E-state index contributed by atoms with van der Waals surface area (Å²) in [7, 11) is 1.34. The van der Waals surface area contributed by atoms with Crippen molar-refractivity contribution in [3.8, 4) is 6.07 Å². The maximum Gasteiger partial charge on any atom is 0.317 e. The van der Waals surface area contributed by atoms with Gasteiger partial charge >= 0.3 is 5.97 Å². The molecule has 19 heavy (non-hydrogen) atoms. The van der Waals surface area contributed by atoms with Crippen molar-refractivity contribution >= 4 is 12.2 Å². The number of benzene rings is 1. The van der Waals surface area contributed by atoms with Gasteiger partial charge in [0.15, 0.2) is 0 Å². The first-order chi connectivity index (χ1) is 9.24. The number of nitriles is 1. The lowest BCUT2D eigenvalue weighted by molar-refractivity contribution is -0.150. The summed E-state index contributed by atoms with van der Waals surface area (Å²) in [6, 6.07) is 11.5. The largest absolute Gasteiger partial charge is 0.468 e. The minimum absolute atomic E-state index is 0.364. The van der Waals surface area contributed by atoms with E-state index in [1.165, 1.54) is 7.11 Å². The molecule has 0 spiro atoms. The lowest BCUT2D eigenvalue weighted by atomic mass is 9.70. The number of hydrogen-bond donors (Lipinski definition) is 0. The van der Waals surface area contributed by atoms with Gasteiger partial charge in [0.25, 0.3) is 0 Å². The Morgan fingerprint density at radius 2 is 2.21 bits per heavy atom. The molecule has 96 valence electrons. The Morgan fingerprint density at radius 1 is 1.47 bits per heavy atom.